The van der Waals surface area contributed by atoms with Gasteiger partial charge in [0.25, 0.3) is 5.91 Å². The predicted octanol–water partition coefficient (Wildman–Crippen LogP) is 2.94. The topological polar surface area (TPSA) is 66.5 Å². The van der Waals surface area contributed by atoms with Crippen molar-refractivity contribution in [1.29, 1.82) is 0 Å². The summed E-state index contributed by atoms with van der Waals surface area (Å²) in [4.78, 5) is 12.7. The maximum Gasteiger partial charge on any atom is 0.251 e. The predicted molar refractivity (Wildman–Crippen MR) is 95.6 cm³/mol. The van der Waals surface area contributed by atoms with Crippen LogP contribution in [0.2, 0.25) is 0 Å². The molecule has 0 radical (unpaired) electrons. The number of aryl methyl sites for hydroxylation is 1. The van der Waals surface area contributed by atoms with Gasteiger partial charge in [0.05, 0.1) is 4.90 Å². The highest BCUT2D eigenvalue weighted by molar-refractivity contribution is 7.89. The van der Waals surface area contributed by atoms with Gasteiger partial charge in [-0.2, -0.15) is 4.31 Å². The Morgan fingerprint density at radius 2 is 1.79 bits per heavy atom. The molecule has 134 valence electrons. The summed E-state index contributed by atoms with van der Waals surface area (Å²) in [5.41, 5.74) is 0.806. The Balaban J connectivity index is 2.31. The van der Waals surface area contributed by atoms with E-state index in [-0.39, 0.29) is 16.3 Å². The van der Waals surface area contributed by atoms with E-state index in [0.29, 0.717) is 24.6 Å². The van der Waals surface area contributed by atoms with Gasteiger partial charge in [-0.15, -0.1) is 0 Å². The summed E-state index contributed by atoms with van der Waals surface area (Å²) < 4.78 is 27.2. The summed E-state index contributed by atoms with van der Waals surface area (Å²) in [6.45, 7) is 10.7. The number of piperidine rings is 1. The lowest BCUT2D eigenvalue weighted by Crippen LogP contribution is -2.41. The summed E-state index contributed by atoms with van der Waals surface area (Å²) >= 11 is 0. The summed E-state index contributed by atoms with van der Waals surface area (Å²) in [6.07, 6.45) is 1.75. The average Bonchev–Trinajstić information content (AvgIpc) is 2.46. The van der Waals surface area contributed by atoms with Crippen LogP contribution in [-0.2, 0) is 10.0 Å². The van der Waals surface area contributed by atoms with E-state index in [1.165, 1.54) is 10.4 Å². The Bertz CT molecular complexity index is 712. The highest BCUT2D eigenvalue weighted by Gasteiger charge is 2.29. The van der Waals surface area contributed by atoms with Crippen molar-refractivity contribution in [2.45, 2.75) is 57.9 Å². The average molecular weight is 353 g/mol. The number of hydrogen-bond donors (Lipinski definition) is 1. The van der Waals surface area contributed by atoms with Gasteiger partial charge in [-0.1, -0.05) is 13.0 Å². The molecule has 0 bridgehead atoms. The quantitative estimate of drug-likeness (QED) is 0.909. The van der Waals surface area contributed by atoms with E-state index < -0.39 is 10.0 Å². The van der Waals surface area contributed by atoms with Crippen LogP contribution >= 0.6 is 0 Å². The fraction of sp³-hybridized carbons (Fsp3) is 0.611. The molecule has 1 amide bonds. The first-order valence-electron chi connectivity index (χ1n) is 8.44. The number of nitrogens with zero attached hydrogens (tertiary/aromatic N) is 1. The fourth-order valence-corrected chi connectivity index (χ4v) is 4.28. The van der Waals surface area contributed by atoms with Crippen LogP contribution in [0.3, 0.4) is 0 Å². The molecule has 1 aromatic rings. The molecule has 0 unspecified atom stereocenters. The number of benzene rings is 1. The number of amides is 1. The Kier molecular flexibility index (Phi) is 5.40. The first-order chi connectivity index (χ1) is 11.0. The molecule has 1 N–H and O–H groups in total. The zero-order valence-electron chi connectivity index (χ0n) is 15.2. The molecule has 6 heteroatoms. The van der Waals surface area contributed by atoms with Crippen molar-refractivity contribution in [2.75, 3.05) is 13.1 Å². The second-order valence-corrected chi connectivity index (χ2v) is 9.71. The van der Waals surface area contributed by atoms with E-state index in [4.69, 9.17) is 0 Å². The molecule has 1 aromatic carbocycles. The molecule has 1 aliphatic rings. The van der Waals surface area contributed by atoms with Gasteiger partial charge in [-0.25, -0.2) is 8.42 Å². The Hall–Kier alpha value is -1.40. The number of carbonyl (C=O) groups is 1. The van der Waals surface area contributed by atoms with Crippen LogP contribution in [0.25, 0.3) is 0 Å². The van der Waals surface area contributed by atoms with Gasteiger partial charge in [0.2, 0.25) is 10.0 Å². The Morgan fingerprint density at radius 3 is 2.33 bits per heavy atom. The lowest BCUT2D eigenvalue weighted by atomic mass is 10.0. The van der Waals surface area contributed by atoms with Crippen molar-refractivity contribution in [1.82, 2.24) is 9.62 Å². The number of hydrogen-bond acceptors (Lipinski definition) is 3. The third kappa shape index (κ3) is 4.36. The number of nitrogens with one attached hydrogen (secondary N) is 1. The van der Waals surface area contributed by atoms with Crippen molar-refractivity contribution >= 4 is 15.9 Å². The molecule has 2 rings (SSSR count). The highest BCUT2D eigenvalue weighted by atomic mass is 32.2. The smallest absolute Gasteiger partial charge is 0.251 e. The SMILES string of the molecule is Cc1ccc(S(=O)(=O)N2CCC(C)CC2)cc1C(=O)NC(C)(C)C. The normalized spacial score (nSPS) is 17.7. The second kappa shape index (κ2) is 6.84. The van der Waals surface area contributed by atoms with E-state index in [1.54, 1.807) is 12.1 Å². The van der Waals surface area contributed by atoms with E-state index in [1.807, 2.05) is 27.7 Å². The zero-order chi connectivity index (χ0) is 18.1. The molecule has 24 heavy (non-hydrogen) atoms. The van der Waals surface area contributed by atoms with Gasteiger partial charge in [0.15, 0.2) is 0 Å². The van der Waals surface area contributed by atoms with E-state index in [9.17, 15) is 13.2 Å². The number of rotatable bonds is 3. The maximum absolute atomic E-state index is 12.9. The third-order valence-electron chi connectivity index (χ3n) is 4.32. The summed E-state index contributed by atoms with van der Waals surface area (Å²) in [6, 6.07) is 4.80. The zero-order valence-corrected chi connectivity index (χ0v) is 16.0. The summed E-state index contributed by atoms with van der Waals surface area (Å²) in [5, 5.41) is 2.89. The molecule has 1 heterocycles. The van der Waals surface area contributed by atoms with E-state index >= 15 is 0 Å². The van der Waals surface area contributed by atoms with Crippen LogP contribution in [0.15, 0.2) is 23.1 Å². The minimum atomic E-state index is -3.55. The molecule has 0 atom stereocenters. The van der Waals surface area contributed by atoms with E-state index in [0.717, 1.165) is 18.4 Å². The van der Waals surface area contributed by atoms with Crippen molar-refractivity contribution in [3.63, 3.8) is 0 Å². The molecular weight excluding hydrogens is 324 g/mol. The second-order valence-electron chi connectivity index (χ2n) is 7.77. The molecule has 1 fully saturated rings. The maximum atomic E-state index is 12.9. The molecule has 1 saturated heterocycles. The molecule has 0 saturated carbocycles. The van der Waals surface area contributed by atoms with Crippen LogP contribution in [0.5, 0.6) is 0 Å². The van der Waals surface area contributed by atoms with Gasteiger partial charge in [0.1, 0.15) is 0 Å². The Labute approximate surface area is 145 Å². The first-order valence-corrected chi connectivity index (χ1v) is 9.88. The van der Waals surface area contributed by atoms with Gasteiger partial charge < -0.3 is 5.32 Å². The van der Waals surface area contributed by atoms with Gasteiger partial charge in [0, 0.05) is 24.2 Å². The molecule has 1 aliphatic heterocycles. The minimum absolute atomic E-state index is 0.196. The van der Waals surface area contributed by atoms with Crippen molar-refractivity contribution < 1.29 is 13.2 Å². The molecule has 0 aromatic heterocycles. The van der Waals surface area contributed by atoms with Gasteiger partial charge >= 0.3 is 0 Å². The number of carbonyl (C=O) groups excluding carboxylic acids is 1. The minimum Gasteiger partial charge on any atom is -0.347 e. The van der Waals surface area contributed by atoms with Crippen LogP contribution < -0.4 is 5.32 Å². The van der Waals surface area contributed by atoms with Crippen molar-refractivity contribution in [3.05, 3.63) is 29.3 Å². The standard InChI is InChI=1S/C18H28N2O3S/c1-13-8-10-20(11-9-13)24(22,23)15-7-6-14(2)16(12-15)17(21)19-18(3,4)5/h6-7,12-13H,8-11H2,1-5H3,(H,19,21). The fourth-order valence-electron chi connectivity index (χ4n) is 2.79. The lowest BCUT2D eigenvalue weighted by molar-refractivity contribution is 0.0918. The molecule has 0 aliphatic carbocycles. The van der Waals surface area contributed by atoms with E-state index in [2.05, 4.69) is 12.2 Å². The van der Waals surface area contributed by atoms with Crippen LogP contribution in [0, 0.1) is 12.8 Å². The Morgan fingerprint density at radius 1 is 1.21 bits per heavy atom. The molecule has 5 nitrogen and oxygen atoms in total. The molecular formula is C18H28N2O3S. The summed E-state index contributed by atoms with van der Waals surface area (Å²) in [7, 11) is -3.55. The highest BCUT2D eigenvalue weighted by Crippen LogP contribution is 2.25. The first kappa shape index (κ1) is 18.9. The van der Waals surface area contributed by atoms with Crippen molar-refractivity contribution in [3.8, 4) is 0 Å². The number of sulfonamides is 1. The van der Waals surface area contributed by atoms with Crippen LogP contribution in [0.4, 0.5) is 0 Å². The summed E-state index contributed by atoms with van der Waals surface area (Å²) in [5.74, 6) is 0.312. The largest absolute Gasteiger partial charge is 0.347 e. The third-order valence-corrected chi connectivity index (χ3v) is 6.22. The van der Waals surface area contributed by atoms with Crippen LogP contribution in [0.1, 0.15) is 56.5 Å². The van der Waals surface area contributed by atoms with Crippen LogP contribution in [-0.4, -0.2) is 37.3 Å². The lowest BCUT2D eigenvalue weighted by Gasteiger charge is -2.29. The van der Waals surface area contributed by atoms with Gasteiger partial charge in [-0.3, -0.25) is 4.79 Å². The van der Waals surface area contributed by atoms with Crippen molar-refractivity contribution in [2.24, 2.45) is 5.92 Å². The van der Waals surface area contributed by atoms with Gasteiger partial charge in [-0.05, 0) is 64.2 Å². The molecule has 0 spiro atoms. The monoisotopic (exact) mass is 352 g/mol.